The molecule has 1 aromatic heterocycles. The Bertz CT molecular complexity index is 1530. The molecule has 0 aliphatic heterocycles. The maximum Gasteiger partial charge on any atom is 0.416 e. The van der Waals surface area contributed by atoms with E-state index in [4.69, 9.17) is 27.9 Å². The molecule has 8 nitrogen and oxygen atoms in total. The van der Waals surface area contributed by atoms with E-state index in [0.717, 1.165) is 23.9 Å². The third-order valence-corrected chi connectivity index (χ3v) is 6.90. The van der Waals surface area contributed by atoms with Crippen LogP contribution in [0.4, 0.5) is 18.9 Å². The first-order valence-corrected chi connectivity index (χ1v) is 13.2. The Morgan fingerprint density at radius 3 is 2.45 bits per heavy atom. The van der Waals surface area contributed by atoms with E-state index in [1.165, 1.54) is 42.0 Å². The predicted molar refractivity (Wildman–Crippen MR) is 146 cm³/mol. The number of thioether (sulfide) groups is 1. The summed E-state index contributed by atoms with van der Waals surface area (Å²) < 4.78 is 46.8. The van der Waals surface area contributed by atoms with Crippen molar-refractivity contribution < 1.29 is 27.5 Å². The molecule has 3 aromatic carbocycles. The number of amides is 2. The number of alkyl halides is 3. The second-order valence-corrected chi connectivity index (χ2v) is 9.94. The predicted octanol–water partition coefficient (Wildman–Crippen LogP) is 6.26. The van der Waals surface area contributed by atoms with Crippen LogP contribution in [0.25, 0.3) is 5.69 Å². The molecule has 0 unspecified atom stereocenters. The lowest BCUT2D eigenvalue weighted by Crippen LogP contribution is -2.25. The van der Waals surface area contributed by atoms with Gasteiger partial charge in [-0.1, -0.05) is 41.0 Å². The van der Waals surface area contributed by atoms with Gasteiger partial charge in [0.2, 0.25) is 5.91 Å². The van der Waals surface area contributed by atoms with E-state index < -0.39 is 17.6 Å². The number of nitrogens with one attached hydrogen (secondary N) is 2. The minimum Gasteiger partial charge on any atom is -0.497 e. The first-order chi connectivity index (χ1) is 19.0. The van der Waals surface area contributed by atoms with E-state index in [-0.39, 0.29) is 45.5 Å². The molecule has 2 amide bonds. The molecule has 4 aromatic rings. The maximum absolute atomic E-state index is 13.4. The van der Waals surface area contributed by atoms with Crippen LogP contribution in [0.3, 0.4) is 0 Å². The molecule has 0 aliphatic carbocycles. The number of ether oxygens (including phenoxy) is 1. The Morgan fingerprint density at radius 1 is 1.02 bits per heavy atom. The van der Waals surface area contributed by atoms with Gasteiger partial charge in [0.1, 0.15) is 5.75 Å². The number of methoxy groups -OCH3 is 1. The van der Waals surface area contributed by atoms with Crippen LogP contribution in [0, 0.1) is 0 Å². The number of hydrogen-bond acceptors (Lipinski definition) is 6. The Hall–Kier alpha value is -3.74. The highest BCUT2D eigenvalue weighted by molar-refractivity contribution is 7.99. The molecule has 0 fully saturated rings. The quantitative estimate of drug-likeness (QED) is 0.217. The fourth-order valence-corrected chi connectivity index (χ4v) is 4.78. The van der Waals surface area contributed by atoms with Crippen molar-refractivity contribution in [3.63, 3.8) is 0 Å². The SMILES string of the molecule is COc1ccc(NC(=O)CSc2nnc(CNC(=O)c3ccc(Cl)cc3Cl)n2-c2cccc(C(F)(F)F)c2)cc1. The Kier molecular flexibility index (Phi) is 9.23. The molecule has 0 bridgehead atoms. The van der Waals surface area contributed by atoms with Gasteiger partial charge in [0.25, 0.3) is 5.91 Å². The second kappa shape index (κ2) is 12.6. The highest BCUT2D eigenvalue weighted by Gasteiger charge is 2.31. The number of aromatic nitrogens is 3. The summed E-state index contributed by atoms with van der Waals surface area (Å²) in [6, 6.07) is 15.6. The summed E-state index contributed by atoms with van der Waals surface area (Å²) in [4.78, 5) is 25.3. The van der Waals surface area contributed by atoms with E-state index in [9.17, 15) is 22.8 Å². The minimum absolute atomic E-state index is 0.103. The van der Waals surface area contributed by atoms with Crippen molar-refractivity contribution >= 4 is 52.5 Å². The van der Waals surface area contributed by atoms with Gasteiger partial charge >= 0.3 is 6.18 Å². The van der Waals surface area contributed by atoms with Gasteiger partial charge in [-0.25, -0.2) is 0 Å². The third-order valence-electron chi connectivity index (χ3n) is 5.42. The zero-order chi connectivity index (χ0) is 28.9. The van der Waals surface area contributed by atoms with E-state index in [2.05, 4.69) is 20.8 Å². The highest BCUT2D eigenvalue weighted by Crippen LogP contribution is 2.32. The largest absolute Gasteiger partial charge is 0.497 e. The zero-order valence-corrected chi connectivity index (χ0v) is 23.0. The summed E-state index contributed by atoms with van der Waals surface area (Å²) in [6.07, 6.45) is -4.59. The van der Waals surface area contributed by atoms with Crippen molar-refractivity contribution in [2.45, 2.75) is 17.9 Å². The number of hydrogen-bond donors (Lipinski definition) is 2. The number of carbonyl (C=O) groups is 2. The monoisotopic (exact) mass is 609 g/mol. The van der Waals surface area contributed by atoms with E-state index in [0.29, 0.717) is 16.5 Å². The van der Waals surface area contributed by atoms with E-state index in [1.807, 2.05) is 0 Å². The molecular weight excluding hydrogens is 590 g/mol. The average molecular weight is 610 g/mol. The lowest BCUT2D eigenvalue weighted by molar-refractivity contribution is -0.137. The molecule has 0 saturated carbocycles. The summed E-state index contributed by atoms with van der Waals surface area (Å²) in [5, 5.41) is 14.1. The average Bonchev–Trinajstić information content (AvgIpc) is 3.33. The summed E-state index contributed by atoms with van der Waals surface area (Å²) in [6.45, 7) is -0.195. The molecule has 0 saturated heterocycles. The number of rotatable bonds is 9. The Labute approximate surface area is 240 Å². The topological polar surface area (TPSA) is 98.1 Å². The van der Waals surface area contributed by atoms with Gasteiger partial charge in [-0.15, -0.1) is 10.2 Å². The number of carbonyl (C=O) groups excluding carboxylic acids is 2. The van der Waals surface area contributed by atoms with E-state index in [1.54, 1.807) is 24.3 Å². The lowest BCUT2D eigenvalue weighted by Gasteiger charge is -2.14. The second-order valence-electron chi connectivity index (χ2n) is 8.15. The lowest BCUT2D eigenvalue weighted by atomic mass is 10.2. The highest BCUT2D eigenvalue weighted by atomic mass is 35.5. The number of anilines is 1. The van der Waals surface area contributed by atoms with Crippen LogP contribution >= 0.6 is 35.0 Å². The molecule has 0 aliphatic rings. The molecule has 208 valence electrons. The van der Waals surface area contributed by atoms with Gasteiger partial charge in [0.05, 0.1) is 41.2 Å². The molecule has 4 rings (SSSR count). The molecule has 0 spiro atoms. The Morgan fingerprint density at radius 2 is 1.77 bits per heavy atom. The summed E-state index contributed by atoms with van der Waals surface area (Å²) in [5.41, 5.74) is -0.0856. The van der Waals surface area contributed by atoms with Gasteiger partial charge < -0.3 is 15.4 Å². The fraction of sp³-hybridized carbons (Fsp3) is 0.154. The van der Waals surface area contributed by atoms with Crippen molar-refractivity contribution in [3.05, 3.63) is 93.7 Å². The standard InChI is InChI=1S/C26H20Cl2F3N5O3S/c1-39-19-8-6-17(7-9-19)33-23(37)14-40-25-35-34-22(13-32-24(38)20-10-5-16(27)12-21(20)28)36(25)18-4-2-3-15(11-18)26(29,30)31/h2-12H,13-14H2,1H3,(H,32,38)(H,33,37). The first-order valence-electron chi connectivity index (χ1n) is 11.5. The van der Waals surface area contributed by atoms with Crippen molar-refractivity contribution in [1.29, 1.82) is 0 Å². The third kappa shape index (κ3) is 7.26. The van der Waals surface area contributed by atoms with Gasteiger partial charge in [-0.3, -0.25) is 14.2 Å². The summed E-state index contributed by atoms with van der Waals surface area (Å²) in [7, 11) is 1.53. The fourth-order valence-electron chi connectivity index (χ4n) is 3.52. The van der Waals surface area contributed by atoms with Crippen molar-refractivity contribution in [1.82, 2.24) is 20.1 Å². The van der Waals surface area contributed by atoms with Crippen LogP contribution in [0.1, 0.15) is 21.7 Å². The first kappa shape index (κ1) is 29.2. The molecule has 40 heavy (non-hydrogen) atoms. The van der Waals surface area contributed by atoms with Crippen LogP contribution in [0.2, 0.25) is 10.0 Å². The summed E-state index contributed by atoms with van der Waals surface area (Å²) >= 11 is 13.0. The molecule has 0 radical (unpaired) electrons. The van der Waals surface area contributed by atoms with Gasteiger partial charge in [-0.2, -0.15) is 13.2 Å². The van der Waals surface area contributed by atoms with E-state index >= 15 is 0 Å². The molecular formula is C26H20Cl2F3N5O3S. The maximum atomic E-state index is 13.4. The van der Waals surface area contributed by atoms with Crippen LogP contribution in [-0.2, 0) is 17.5 Å². The van der Waals surface area contributed by atoms with Crippen molar-refractivity contribution in [2.24, 2.45) is 0 Å². The van der Waals surface area contributed by atoms with Gasteiger partial charge in [0, 0.05) is 10.7 Å². The zero-order valence-electron chi connectivity index (χ0n) is 20.6. The summed E-state index contributed by atoms with van der Waals surface area (Å²) in [5.74, 6) is -0.278. The van der Waals surface area contributed by atoms with Crippen molar-refractivity contribution in [2.75, 3.05) is 18.2 Å². The molecule has 1 heterocycles. The van der Waals surface area contributed by atoms with Crippen LogP contribution in [-0.4, -0.2) is 39.4 Å². The number of halogens is 5. The van der Waals surface area contributed by atoms with Gasteiger partial charge in [-0.05, 0) is 60.7 Å². The molecule has 2 N–H and O–H groups in total. The van der Waals surface area contributed by atoms with Crippen LogP contribution in [0.15, 0.2) is 71.9 Å². The normalized spacial score (nSPS) is 11.2. The van der Waals surface area contributed by atoms with Gasteiger partial charge in [0.15, 0.2) is 11.0 Å². The molecule has 0 atom stereocenters. The Balaban J connectivity index is 1.56. The molecule has 14 heteroatoms. The smallest absolute Gasteiger partial charge is 0.416 e. The van der Waals surface area contributed by atoms with Crippen molar-refractivity contribution in [3.8, 4) is 11.4 Å². The number of benzene rings is 3. The number of nitrogens with zero attached hydrogens (tertiary/aromatic N) is 3. The van der Waals surface area contributed by atoms with Crippen LogP contribution in [0.5, 0.6) is 5.75 Å². The minimum atomic E-state index is -4.59. The van der Waals surface area contributed by atoms with Crippen LogP contribution < -0.4 is 15.4 Å².